The van der Waals surface area contributed by atoms with Gasteiger partial charge in [0.2, 0.25) is 5.91 Å². The monoisotopic (exact) mass is 445 g/mol. The SMILES string of the molecule is O=C(C1CCN(Cc2ccc(Cl)cc2Cl)CC1)N1CCN(Cc2ccccc2)CC1. The van der Waals surface area contributed by atoms with Crippen LogP contribution in [-0.2, 0) is 17.9 Å². The quantitative estimate of drug-likeness (QED) is 0.675. The summed E-state index contributed by atoms with van der Waals surface area (Å²) in [4.78, 5) is 19.9. The smallest absolute Gasteiger partial charge is 0.225 e. The number of hydrogen-bond acceptors (Lipinski definition) is 3. The highest BCUT2D eigenvalue weighted by Gasteiger charge is 2.30. The Morgan fingerprint density at radius 1 is 0.833 bits per heavy atom. The highest BCUT2D eigenvalue weighted by molar-refractivity contribution is 6.35. The molecule has 0 saturated carbocycles. The first-order valence-electron chi connectivity index (χ1n) is 10.8. The first-order chi connectivity index (χ1) is 14.6. The van der Waals surface area contributed by atoms with Gasteiger partial charge in [0.05, 0.1) is 0 Å². The van der Waals surface area contributed by atoms with E-state index < -0.39 is 0 Å². The molecule has 2 aromatic rings. The van der Waals surface area contributed by atoms with Gasteiger partial charge in [-0.15, -0.1) is 0 Å². The highest BCUT2D eigenvalue weighted by atomic mass is 35.5. The van der Waals surface area contributed by atoms with Gasteiger partial charge >= 0.3 is 0 Å². The number of rotatable bonds is 5. The fourth-order valence-electron chi connectivity index (χ4n) is 4.46. The normalized spacial score (nSPS) is 19.2. The van der Waals surface area contributed by atoms with Crippen molar-refractivity contribution in [3.63, 3.8) is 0 Å². The molecule has 0 aliphatic carbocycles. The van der Waals surface area contributed by atoms with Crippen LogP contribution in [0.15, 0.2) is 48.5 Å². The molecule has 4 nitrogen and oxygen atoms in total. The molecular weight excluding hydrogens is 417 g/mol. The molecule has 6 heteroatoms. The fourth-order valence-corrected chi connectivity index (χ4v) is 4.92. The van der Waals surface area contributed by atoms with E-state index in [9.17, 15) is 4.79 Å². The number of likely N-dealkylation sites (tertiary alicyclic amines) is 1. The number of benzene rings is 2. The van der Waals surface area contributed by atoms with Gasteiger partial charge in [-0.3, -0.25) is 14.6 Å². The summed E-state index contributed by atoms with van der Waals surface area (Å²) in [5.41, 5.74) is 2.44. The fraction of sp³-hybridized carbons (Fsp3) is 0.458. The number of piperidine rings is 1. The second-order valence-corrected chi connectivity index (χ2v) is 9.22. The van der Waals surface area contributed by atoms with Crippen molar-refractivity contribution in [2.45, 2.75) is 25.9 Å². The lowest BCUT2D eigenvalue weighted by Crippen LogP contribution is -2.51. The van der Waals surface area contributed by atoms with Crippen LogP contribution in [0.1, 0.15) is 24.0 Å². The molecular formula is C24H29Cl2N3O. The van der Waals surface area contributed by atoms with Gasteiger partial charge < -0.3 is 4.90 Å². The molecule has 2 saturated heterocycles. The Hall–Kier alpha value is -1.59. The number of hydrogen-bond donors (Lipinski definition) is 0. The summed E-state index contributed by atoms with van der Waals surface area (Å²) in [5.74, 6) is 0.501. The van der Waals surface area contributed by atoms with Gasteiger partial charge in [0.25, 0.3) is 0 Å². The van der Waals surface area contributed by atoms with Crippen molar-refractivity contribution >= 4 is 29.1 Å². The molecule has 2 aromatic carbocycles. The zero-order valence-electron chi connectivity index (χ0n) is 17.3. The van der Waals surface area contributed by atoms with Crippen molar-refractivity contribution in [2.75, 3.05) is 39.3 Å². The third kappa shape index (κ3) is 5.55. The second-order valence-electron chi connectivity index (χ2n) is 8.37. The van der Waals surface area contributed by atoms with Crippen LogP contribution in [0.2, 0.25) is 10.0 Å². The summed E-state index contributed by atoms with van der Waals surface area (Å²) in [7, 11) is 0. The molecule has 0 radical (unpaired) electrons. The van der Waals surface area contributed by atoms with E-state index in [1.165, 1.54) is 5.56 Å². The van der Waals surface area contributed by atoms with Gasteiger partial charge in [0.1, 0.15) is 0 Å². The van der Waals surface area contributed by atoms with E-state index in [1.807, 2.05) is 12.1 Å². The van der Waals surface area contributed by atoms with E-state index in [1.54, 1.807) is 6.07 Å². The van der Waals surface area contributed by atoms with Crippen molar-refractivity contribution in [3.05, 3.63) is 69.7 Å². The Morgan fingerprint density at radius 3 is 2.17 bits per heavy atom. The van der Waals surface area contributed by atoms with Crippen LogP contribution in [0.5, 0.6) is 0 Å². The molecule has 30 heavy (non-hydrogen) atoms. The van der Waals surface area contributed by atoms with Crippen LogP contribution < -0.4 is 0 Å². The zero-order valence-corrected chi connectivity index (χ0v) is 18.8. The average molecular weight is 446 g/mol. The third-order valence-electron chi connectivity index (χ3n) is 6.28. The molecule has 2 aliphatic rings. The van der Waals surface area contributed by atoms with Gasteiger partial charge in [0, 0.05) is 55.2 Å². The number of amides is 1. The lowest BCUT2D eigenvalue weighted by molar-refractivity contribution is -0.139. The number of piperazine rings is 1. The molecule has 0 N–H and O–H groups in total. The lowest BCUT2D eigenvalue weighted by Gasteiger charge is -2.38. The van der Waals surface area contributed by atoms with Crippen LogP contribution >= 0.6 is 23.2 Å². The lowest BCUT2D eigenvalue weighted by atomic mass is 9.94. The van der Waals surface area contributed by atoms with Gasteiger partial charge in [0.15, 0.2) is 0 Å². The Kier molecular flexibility index (Phi) is 7.32. The minimum Gasteiger partial charge on any atom is -0.340 e. The van der Waals surface area contributed by atoms with Gasteiger partial charge in [-0.25, -0.2) is 0 Å². The van der Waals surface area contributed by atoms with Crippen LogP contribution in [0.25, 0.3) is 0 Å². The first kappa shape index (κ1) is 21.6. The molecule has 0 unspecified atom stereocenters. The number of nitrogens with zero attached hydrogens (tertiary/aromatic N) is 3. The minimum atomic E-state index is 0.155. The molecule has 160 valence electrons. The molecule has 4 rings (SSSR count). The topological polar surface area (TPSA) is 26.8 Å². The molecule has 0 atom stereocenters. The van der Waals surface area contributed by atoms with Crippen LogP contribution in [0.4, 0.5) is 0 Å². The third-order valence-corrected chi connectivity index (χ3v) is 6.87. The van der Waals surface area contributed by atoms with E-state index in [0.717, 1.165) is 70.8 Å². The Bertz CT molecular complexity index is 845. The molecule has 2 aliphatic heterocycles. The minimum absolute atomic E-state index is 0.155. The van der Waals surface area contributed by atoms with Gasteiger partial charge in [-0.2, -0.15) is 0 Å². The molecule has 0 spiro atoms. The summed E-state index contributed by atoms with van der Waals surface area (Å²) in [6, 6.07) is 16.2. The van der Waals surface area contributed by atoms with Crippen molar-refractivity contribution in [3.8, 4) is 0 Å². The van der Waals surface area contributed by atoms with E-state index in [4.69, 9.17) is 23.2 Å². The maximum absolute atomic E-state index is 13.0. The van der Waals surface area contributed by atoms with Crippen molar-refractivity contribution < 1.29 is 4.79 Å². The summed E-state index contributed by atoms with van der Waals surface area (Å²) in [6.07, 6.45) is 1.85. The predicted octanol–water partition coefficient (Wildman–Crippen LogP) is 4.55. The summed E-state index contributed by atoms with van der Waals surface area (Å²) in [5, 5.41) is 1.38. The van der Waals surface area contributed by atoms with E-state index in [2.05, 4.69) is 45.0 Å². The van der Waals surface area contributed by atoms with E-state index in [0.29, 0.717) is 16.0 Å². The van der Waals surface area contributed by atoms with Crippen molar-refractivity contribution in [1.29, 1.82) is 0 Å². The molecule has 1 amide bonds. The summed E-state index contributed by atoms with van der Waals surface area (Å²) in [6.45, 7) is 7.23. The first-order valence-corrected chi connectivity index (χ1v) is 11.6. The van der Waals surface area contributed by atoms with E-state index >= 15 is 0 Å². The molecule has 2 heterocycles. The summed E-state index contributed by atoms with van der Waals surface area (Å²) < 4.78 is 0. The second kappa shape index (κ2) is 10.1. The summed E-state index contributed by atoms with van der Waals surface area (Å²) >= 11 is 12.3. The van der Waals surface area contributed by atoms with Gasteiger partial charge in [-0.05, 0) is 49.2 Å². The largest absolute Gasteiger partial charge is 0.340 e. The maximum atomic E-state index is 13.0. The zero-order chi connectivity index (χ0) is 20.9. The number of carbonyl (C=O) groups excluding carboxylic acids is 1. The van der Waals surface area contributed by atoms with Gasteiger partial charge in [-0.1, -0.05) is 59.6 Å². The van der Waals surface area contributed by atoms with Crippen LogP contribution in [-0.4, -0.2) is 59.9 Å². The number of carbonyl (C=O) groups is 1. The van der Waals surface area contributed by atoms with Crippen LogP contribution in [0, 0.1) is 5.92 Å². The highest BCUT2D eigenvalue weighted by Crippen LogP contribution is 2.26. The molecule has 2 fully saturated rings. The number of halogens is 2. The van der Waals surface area contributed by atoms with Crippen molar-refractivity contribution in [1.82, 2.24) is 14.7 Å². The Morgan fingerprint density at radius 2 is 1.50 bits per heavy atom. The molecule has 0 aromatic heterocycles. The average Bonchev–Trinajstić information content (AvgIpc) is 2.77. The molecule has 0 bridgehead atoms. The van der Waals surface area contributed by atoms with E-state index in [-0.39, 0.29) is 5.92 Å². The van der Waals surface area contributed by atoms with Crippen LogP contribution in [0.3, 0.4) is 0 Å². The maximum Gasteiger partial charge on any atom is 0.225 e. The Balaban J connectivity index is 1.22. The standard InChI is InChI=1S/C24H29Cl2N3O/c25-22-7-6-21(23(26)16-22)18-27-10-8-20(9-11-27)24(30)29-14-12-28(13-15-29)17-19-4-2-1-3-5-19/h1-7,16,20H,8-15,17-18H2. The van der Waals surface area contributed by atoms with Crippen molar-refractivity contribution in [2.24, 2.45) is 5.92 Å². The predicted molar refractivity (Wildman–Crippen MR) is 123 cm³/mol. The Labute approximate surface area is 189 Å².